The Morgan fingerprint density at radius 2 is 2.06 bits per heavy atom. The molecule has 102 valence electrons. The molecule has 0 aromatic heterocycles. The summed E-state index contributed by atoms with van der Waals surface area (Å²) in [6, 6.07) is 5.47. The van der Waals surface area contributed by atoms with Crippen molar-refractivity contribution in [1.82, 2.24) is 10.6 Å². The monoisotopic (exact) mass is 310 g/mol. The van der Waals surface area contributed by atoms with Crippen molar-refractivity contribution in [2.75, 3.05) is 20.1 Å². The SMILES string of the molecule is CNCC(=O)NCCCc1ccc(Cl)cc1Cl.Cl. The average Bonchev–Trinajstić information content (AvgIpc) is 2.27. The van der Waals surface area contributed by atoms with Gasteiger partial charge in [0, 0.05) is 16.6 Å². The number of aryl methyl sites for hydroxylation is 1. The molecule has 6 heteroatoms. The molecule has 18 heavy (non-hydrogen) atoms. The number of rotatable bonds is 6. The van der Waals surface area contributed by atoms with Crippen molar-refractivity contribution in [3.8, 4) is 0 Å². The summed E-state index contributed by atoms with van der Waals surface area (Å²) in [5.74, 6) is 0.00898. The molecule has 0 fully saturated rings. The van der Waals surface area contributed by atoms with Gasteiger partial charge in [-0.3, -0.25) is 4.79 Å². The van der Waals surface area contributed by atoms with Gasteiger partial charge in [-0.15, -0.1) is 12.4 Å². The first-order valence-corrected chi connectivity index (χ1v) is 6.24. The van der Waals surface area contributed by atoms with Gasteiger partial charge in [0.05, 0.1) is 6.54 Å². The molecule has 0 radical (unpaired) electrons. The van der Waals surface area contributed by atoms with Crippen molar-refractivity contribution in [1.29, 1.82) is 0 Å². The molecule has 3 nitrogen and oxygen atoms in total. The second kappa shape index (κ2) is 9.45. The number of benzene rings is 1. The van der Waals surface area contributed by atoms with Crippen LogP contribution in [0.3, 0.4) is 0 Å². The van der Waals surface area contributed by atoms with Crippen molar-refractivity contribution in [2.24, 2.45) is 0 Å². The average molecular weight is 312 g/mol. The largest absolute Gasteiger partial charge is 0.355 e. The maximum atomic E-state index is 11.1. The van der Waals surface area contributed by atoms with Gasteiger partial charge in [-0.1, -0.05) is 29.3 Å². The second-order valence-corrected chi connectivity index (χ2v) is 4.56. The first-order valence-electron chi connectivity index (χ1n) is 5.48. The first kappa shape index (κ1) is 17.5. The zero-order valence-electron chi connectivity index (χ0n) is 10.1. The van der Waals surface area contributed by atoms with Crippen LogP contribution in [-0.2, 0) is 11.2 Å². The fourth-order valence-corrected chi connectivity index (χ4v) is 1.96. The highest BCUT2D eigenvalue weighted by Gasteiger charge is 2.02. The van der Waals surface area contributed by atoms with Gasteiger partial charge in [-0.2, -0.15) is 0 Å². The lowest BCUT2D eigenvalue weighted by molar-refractivity contribution is -0.120. The van der Waals surface area contributed by atoms with E-state index >= 15 is 0 Å². The third kappa shape index (κ3) is 6.45. The summed E-state index contributed by atoms with van der Waals surface area (Å²) in [5, 5.41) is 6.93. The molecule has 0 saturated heterocycles. The Morgan fingerprint density at radius 1 is 1.33 bits per heavy atom. The zero-order chi connectivity index (χ0) is 12.7. The van der Waals surface area contributed by atoms with Crippen LogP contribution < -0.4 is 10.6 Å². The molecular formula is C12H17Cl3N2O. The number of likely N-dealkylation sites (N-methyl/N-ethyl adjacent to an activating group) is 1. The molecular weight excluding hydrogens is 295 g/mol. The summed E-state index contributed by atoms with van der Waals surface area (Å²) < 4.78 is 0. The lowest BCUT2D eigenvalue weighted by Gasteiger charge is -2.06. The standard InChI is InChI=1S/C12H16Cl2N2O.ClH/c1-15-8-12(17)16-6-2-3-9-4-5-10(13)7-11(9)14;/h4-5,7,15H,2-3,6,8H2,1H3,(H,16,17);1H. The van der Waals surface area contributed by atoms with E-state index in [0.717, 1.165) is 18.4 Å². The molecule has 1 amide bonds. The Hall–Kier alpha value is -0.480. The Morgan fingerprint density at radius 3 is 2.67 bits per heavy atom. The Kier molecular flexibility index (Phi) is 9.20. The number of nitrogens with one attached hydrogen (secondary N) is 2. The molecule has 0 aliphatic heterocycles. The predicted octanol–water partition coefficient (Wildman–Crippen LogP) is 2.68. The van der Waals surface area contributed by atoms with Crippen LogP contribution in [0.2, 0.25) is 10.0 Å². The van der Waals surface area contributed by atoms with Crippen LogP contribution in [0.1, 0.15) is 12.0 Å². The van der Waals surface area contributed by atoms with E-state index in [-0.39, 0.29) is 18.3 Å². The summed E-state index contributed by atoms with van der Waals surface area (Å²) in [4.78, 5) is 11.1. The molecule has 0 aliphatic rings. The Labute approximate surface area is 124 Å². The van der Waals surface area contributed by atoms with Crippen LogP contribution in [0, 0.1) is 0 Å². The number of carbonyl (C=O) groups excluding carboxylic acids is 1. The minimum Gasteiger partial charge on any atom is -0.355 e. The second-order valence-electron chi connectivity index (χ2n) is 3.72. The van der Waals surface area contributed by atoms with Crippen LogP contribution in [0.25, 0.3) is 0 Å². The van der Waals surface area contributed by atoms with E-state index < -0.39 is 0 Å². The summed E-state index contributed by atoms with van der Waals surface area (Å²) in [6.07, 6.45) is 1.69. The summed E-state index contributed by atoms with van der Waals surface area (Å²) in [5.41, 5.74) is 1.05. The van der Waals surface area contributed by atoms with Crippen LogP contribution in [0.4, 0.5) is 0 Å². The molecule has 1 rings (SSSR count). The highest BCUT2D eigenvalue weighted by molar-refractivity contribution is 6.35. The van der Waals surface area contributed by atoms with E-state index in [2.05, 4.69) is 10.6 Å². The molecule has 0 heterocycles. The van der Waals surface area contributed by atoms with Gasteiger partial charge in [0.15, 0.2) is 0 Å². The van der Waals surface area contributed by atoms with Crippen molar-refractivity contribution >= 4 is 41.5 Å². The third-order valence-corrected chi connectivity index (χ3v) is 2.88. The van der Waals surface area contributed by atoms with Gasteiger partial charge < -0.3 is 10.6 Å². The smallest absolute Gasteiger partial charge is 0.233 e. The van der Waals surface area contributed by atoms with Crippen LogP contribution in [0.15, 0.2) is 18.2 Å². The van der Waals surface area contributed by atoms with Crippen molar-refractivity contribution < 1.29 is 4.79 Å². The normalized spacial score (nSPS) is 9.72. The molecule has 0 atom stereocenters. The lowest BCUT2D eigenvalue weighted by atomic mass is 10.1. The maximum Gasteiger partial charge on any atom is 0.233 e. The van der Waals surface area contributed by atoms with E-state index in [4.69, 9.17) is 23.2 Å². The van der Waals surface area contributed by atoms with E-state index in [1.165, 1.54) is 0 Å². The van der Waals surface area contributed by atoms with Gasteiger partial charge in [-0.25, -0.2) is 0 Å². The summed E-state index contributed by atoms with van der Waals surface area (Å²) >= 11 is 11.8. The number of hydrogen-bond acceptors (Lipinski definition) is 2. The molecule has 0 aliphatic carbocycles. The third-order valence-electron chi connectivity index (χ3n) is 2.30. The van der Waals surface area contributed by atoms with Crippen LogP contribution in [0.5, 0.6) is 0 Å². The highest BCUT2D eigenvalue weighted by Crippen LogP contribution is 2.21. The molecule has 1 aromatic carbocycles. The predicted molar refractivity (Wildman–Crippen MR) is 79.0 cm³/mol. The number of hydrogen-bond donors (Lipinski definition) is 2. The lowest BCUT2D eigenvalue weighted by Crippen LogP contribution is -2.32. The topological polar surface area (TPSA) is 41.1 Å². The molecule has 0 saturated carbocycles. The van der Waals surface area contributed by atoms with Gasteiger partial charge in [0.2, 0.25) is 5.91 Å². The highest BCUT2D eigenvalue weighted by atomic mass is 35.5. The quantitative estimate of drug-likeness (QED) is 0.793. The minimum absolute atomic E-state index is 0. The van der Waals surface area contributed by atoms with Gasteiger partial charge in [-0.05, 0) is 37.6 Å². The Balaban J connectivity index is 0.00000289. The molecule has 0 spiro atoms. The summed E-state index contributed by atoms with van der Waals surface area (Å²) in [6.45, 7) is 1.00. The van der Waals surface area contributed by atoms with Gasteiger partial charge in [0.1, 0.15) is 0 Å². The number of amides is 1. The zero-order valence-corrected chi connectivity index (χ0v) is 12.5. The van der Waals surface area contributed by atoms with Crippen LogP contribution in [-0.4, -0.2) is 26.0 Å². The Bertz CT molecular complexity index is 386. The fraction of sp³-hybridized carbons (Fsp3) is 0.417. The van der Waals surface area contributed by atoms with Gasteiger partial charge in [0.25, 0.3) is 0 Å². The molecule has 2 N–H and O–H groups in total. The molecule has 1 aromatic rings. The minimum atomic E-state index is 0. The molecule has 0 bridgehead atoms. The van der Waals surface area contributed by atoms with E-state index in [1.54, 1.807) is 13.1 Å². The van der Waals surface area contributed by atoms with E-state index in [1.807, 2.05) is 12.1 Å². The maximum absolute atomic E-state index is 11.1. The van der Waals surface area contributed by atoms with E-state index in [9.17, 15) is 4.79 Å². The number of carbonyl (C=O) groups is 1. The first-order chi connectivity index (χ1) is 8.13. The fourth-order valence-electron chi connectivity index (χ4n) is 1.45. The van der Waals surface area contributed by atoms with Crippen molar-refractivity contribution in [3.63, 3.8) is 0 Å². The van der Waals surface area contributed by atoms with E-state index in [0.29, 0.717) is 23.1 Å². The summed E-state index contributed by atoms with van der Waals surface area (Å²) in [7, 11) is 1.74. The van der Waals surface area contributed by atoms with Crippen molar-refractivity contribution in [2.45, 2.75) is 12.8 Å². The van der Waals surface area contributed by atoms with Crippen molar-refractivity contribution in [3.05, 3.63) is 33.8 Å². The van der Waals surface area contributed by atoms with Gasteiger partial charge >= 0.3 is 0 Å². The number of halogens is 3. The van der Waals surface area contributed by atoms with Crippen LogP contribution >= 0.6 is 35.6 Å². The molecule has 0 unspecified atom stereocenters.